The van der Waals surface area contributed by atoms with E-state index in [0.29, 0.717) is 12.5 Å². The zero-order valence-corrected chi connectivity index (χ0v) is 11.7. The van der Waals surface area contributed by atoms with Gasteiger partial charge in [-0.1, -0.05) is 11.6 Å². The average Bonchev–Trinajstić information content (AvgIpc) is 3.20. The standard InChI is InChI=1S/C13H13ClN2O5/c14-10-5-9(3-4-11(10)16(20)21)13(19)15(7-12(17)18)6-8-1-2-8/h3-5,8H,1-2,6-7H2,(H,17,18). The highest BCUT2D eigenvalue weighted by Crippen LogP contribution is 2.31. The van der Waals surface area contributed by atoms with Crippen molar-refractivity contribution < 1.29 is 19.6 Å². The molecule has 1 N–H and O–H groups in total. The molecule has 8 heteroatoms. The SMILES string of the molecule is O=C(O)CN(CC1CC1)C(=O)c1ccc([N+](=O)[O-])c(Cl)c1. The van der Waals surface area contributed by atoms with E-state index in [2.05, 4.69) is 0 Å². The first-order chi connectivity index (χ1) is 9.88. The van der Waals surface area contributed by atoms with Crippen LogP contribution in [0.4, 0.5) is 5.69 Å². The van der Waals surface area contributed by atoms with Crippen LogP contribution < -0.4 is 0 Å². The molecule has 2 rings (SSSR count). The van der Waals surface area contributed by atoms with E-state index in [1.165, 1.54) is 17.0 Å². The topological polar surface area (TPSA) is 101 Å². The first-order valence-corrected chi connectivity index (χ1v) is 6.71. The van der Waals surface area contributed by atoms with Crippen LogP contribution in [0.2, 0.25) is 5.02 Å². The zero-order valence-electron chi connectivity index (χ0n) is 11.0. The van der Waals surface area contributed by atoms with E-state index in [0.717, 1.165) is 18.9 Å². The molecule has 1 aliphatic carbocycles. The minimum absolute atomic E-state index is 0.146. The number of carboxylic acid groups (broad SMARTS) is 1. The number of nitro groups is 1. The number of nitro benzene ring substituents is 1. The van der Waals surface area contributed by atoms with Gasteiger partial charge in [-0.2, -0.15) is 0 Å². The number of nitrogens with zero attached hydrogens (tertiary/aromatic N) is 2. The maximum absolute atomic E-state index is 12.3. The van der Waals surface area contributed by atoms with Crippen molar-refractivity contribution in [3.8, 4) is 0 Å². The number of aliphatic carboxylic acids is 1. The lowest BCUT2D eigenvalue weighted by Gasteiger charge is -2.20. The Morgan fingerprint density at radius 1 is 1.43 bits per heavy atom. The number of halogens is 1. The van der Waals surface area contributed by atoms with E-state index in [1.54, 1.807) is 0 Å². The first kappa shape index (κ1) is 15.2. The Morgan fingerprint density at radius 2 is 2.10 bits per heavy atom. The molecule has 0 saturated heterocycles. The Hall–Kier alpha value is -2.15. The van der Waals surface area contributed by atoms with Gasteiger partial charge in [0.15, 0.2) is 0 Å². The monoisotopic (exact) mass is 312 g/mol. The maximum atomic E-state index is 12.3. The van der Waals surface area contributed by atoms with E-state index >= 15 is 0 Å². The van der Waals surface area contributed by atoms with E-state index in [1.807, 2.05) is 0 Å². The second kappa shape index (κ2) is 6.09. The number of carbonyl (C=O) groups excluding carboxylic acids is 1. The summed E-state index contributed by atoms with van der Waals surface area (Å²) in [6.45, 7) is -0.0241. The fourth-order valence-electron chi connectivity index (χ4n) is 1.97. The summed E-state index contributed by atoms with van der Waals surface area (Å²) in [5.74, 6) is -1.25. The molecule has 1 aliphatic rings. The molecule has 0 spiro atoms. The molecule has 0 heterocycles. The van der Waals surface area contributed by atoms with Crippen LogP contribution in [0.15, 0.2) is 18.2 Å². The van der Waals surface area contributed by atoms with Crippen LogP contribution in [-0.4, -0.2) is 39.9 Å². The number of hydrogen-bond acceptors (Lipinski definition) is 4. The fourth-order valence-corrected chi connectivity index (χ4v) is 2.21. The Labute approximate surface area is 125 Å². The van der Waals surface area contributed by atoms with Gasteiger partial charge in [-0.25, -0.2) is 0 Å². The van der Waals surface area contributed by atoms with Crippen LogP contribution in [0.25, 0.3) is 0 Å². The number of carboxylic acids is 1. The molecule has 0 aromatic heterocycles. The summed E-state index contributed by atoms with van der Waals surface area (Å²) in [5.41, 5.74) is -0.146. The summed E-state index contributed by atoms with van der Waals surface area (Å²) >= 11 is 5.77. The molecule has 0 unspecified atom stereocenters. The maximum Gasteiger partial charge on any atom is 0.323 e. The van der Waals surface area contributed by atoms with Crippen LogP contribution in [0, 0.1) is 16.0 Å². The number of amides is 1. The Morgan fingerprint density at radius 3 is 2.57 bits per heavy atom. The molecular weight excluding hydrogens is 300 g/mol. The third kappa shape index (κ3) is 3.91. The molecule has 1 amide bonds. The summed E-state index contributed by atoms with van der Waals surface area (Å²) in [6, 6.07) is 3.63. The summed E-state index contributed by atoms with van der Waals surface area (Å²) in [6.07, 6.45) is 1.95. The lowest BCUT2D eigenvalue weighted by Crippen LogP contribution is -2.37. The van der Waals surface area contributed by atoms with Crippen molar-refractivity contribution in [2.24, 2.45) is 5.92 Å². The third-order valence-corrected chi connectivity index (χ3v) is 3.48. The number of benzene rings is 1. The van der Waals surface area contributed by atoms with Gasteiger partial charge in [-0.3, -0.25) is 19.7 Å². The summed E-state index contributed by atoms with van der Waals surface area (Å²) < 4.78 is 0. The summed E-state index contributed by atoms with van der Waals surface area (Å²) in [7, 11) is 0. The van der Waals surface area contributed by atoms with Gasteiger partial charge >= 0.3 is 5.97 Å². The molecule has 0 aliphatic heterocycles. The lowest BCUT2D eigenvalue weighted by atomic mass is 10.1. The summed E-state index contributed by atoms with van der Waals surface area (Å²) in [5, 5.41) is 19.4. The molecule has 21 heavy (non-hydrogen) atoms. The van der Waals surface area contributed by atoms with Gasteiger partial charge < -0.3 is 10.0 Å². The van der Waals surface area contributed by atoms with Crippen molar-refractivity contribution in [1.82, 2.24) is 4.90 Å². The Bertz CT molecular complexity index is 600. The highest BCUT2D eigenvalue weighted by atomic mass is 35.5. The minimum atomic E-state index is -1.10. The van der Waals surface area contributed by atoms with Gasteiger partial charge in [0.1, 0.15) is 11.6 Å². The molecule has 0 bridgehead atoms. The van der Waals surface area contributed by atoms with Gasteiger partial charge in [0.05, 0.1) is 4.92 Å². The minimum Gasteiger partial charge on any atom is -0.480 e. The first-order valence-electron chi connectivity index (χ1n) is 6.33. The third-order valence-electron chi connectivity index (χ3n) is 3.18. The van der Waals surface area contributed by atoms with Crippen LogP contribution in [0.1, 0.15) is 23.2 Å². The van der Waals surface area contributed by atoms with Gasteiger partial charge in [0.25, 0.3) is 11.6 Å². The molecule has 1 aromatic rings. The van der Waals surface area contributed by atoms with Crippen LogP contribution in [-0.2, 0) is 4.79 Å². The normalized spacial score (nSPS) is 13.8. The van der Waals surface area contributed by atoms with Crippen molar-refractivity contribution in [2.75, 3.05) is 13.1 Å². The number of rotatable bonds is 6. The van der Waals surface area contributed by atoms with Gasteiger partial charge in [-0.15, -0.1) is 0 Å². The van der Waals surface area contributed by atoms with Crippen molar-refractivity contribution in [2.45, 2.75) is 12.8 Å². The van der Waals surface area contributed by atoms with E-state index < -0.39 is 23.3 Å². The van der Waals surface area contributed by atoms with Gasteiger partial charge in [0.2, 0.25) is 0 Å². The van der Waals surface area contributed by atoms with E-state index in [9.17, 15) is 19.7 Å². The van der Waals surface area contributed by atoms with Crippen molar-refractivity contribution in [3.05, 3.63) is 38.9 Å². The van der Waals surface area contributed by atoms with Crippen molar-refractivity contribution >= 4 is 29.2 Å². The van der Waals surface area contributed by atoms with Gasteiger partial charge in [0, 0.05) is 18.2 Å². The fraction of sp³-hybridized carbons (Fsp3) is 0.385. The molecule has 1 aromatic carbocycles. The summed E-state index contributed by atoms with van der Waals surface area (Å²) in [4.78, 5) is 34.4. The predicted octanol–water partition coefficient (Wildman–Crippen LogP) is 2.18. The predicted molar refractivity (Wildman–Crippen MR) is 74.4 cm³/mol. The second-order valence-corrected chi connectivity index (χ2v) is 5.35. The molecule has 1 fully saturated rings. The smallest absolute Gasteiger partial charge is 0.323 e. The molecule has 1 saturated carbocycles. The molecule has 0 radical (unpaired) electrons. The zero-order chi connectivity index (χ0) is 15.6. The highest BCUT2D eigenvalue weighted by molar-refractivity contribution is 6.33. The van der Waals surface area contributed by atoms with E-state index in [4.69, 9.17) is 16.7 Å². The average molecular weight is 313 g/mol. The number of hydrogen-bond donors (Lipinski definition) is 1. The molecule has 0 atom stereocenters. The quantitative estimate of drug-likeness (QED) is 0.641. The molecular formula is C13H13ClN2O5. The Balaban J connectivity index is 2.20. The van der Waals surface area contributed by atoms with Crippen LogP contribution >= 0.6 is 11.6 Å². The lowest BCUT2D eigenvalue weighted by molar-refractivity contribution is -0.384. The van der Waals surface area contributed by atoms with Crippen LogP contribution in [0.3, 0.4) is 0 Å². The largest absolute Gasteiger partial charge is 0.480 e. The highest BCUT2D eigenvalue weighted by Gasteiger charge is 2.29. The van der Waals surface area contributed by atoms with Gasteiger partial charge in [-0.05, 0) is 30.9 Å². The Kier molecular flexibility index (Phi) is 4.42. The van der Waals surface area contributed by atoms with Crippen molar-refractivity contribution in [1.29, 1.82) is 0 Å². The van der Waals surface area contributed by atoms with Crippen LogP contribution in [0.5, 0.6) is 0 Å². The number of carbonyl (C=O) groups is 2. The van der Waals surface area contributed by atoms with Crippen molar-refractivity contribution in [3.63, 3.8) is 0 Å². The molecule has 7 nitrogen and oxygen atoms in total. The van der Waals surface area contributed by atoms with E-state index in [-0.39, 0.29) is 16.3 Å². The second-order valence-electron chi connectivity index (χ2n) is 4.95. The molecule has 112 valence electrons.